The first kappa shape index (κ1) is 21.7. The lowest BCUT2D eigenvalue weighted by Gasteiger charge is -2.36. The molecule has 6 nitrogen and oxygen atoms in total. The predicted octanol–water partition coefficient (Wildman–Crippen LogP) is 3.04. The van der Waals surface area contributed by atoms with Crippen molar-refractivity contribution < 1.29 is 14.3 Å². The lowest BCUT2D eigenvalue weighted by Crippen LogP contribution is -2.48. The van der Waals surface area contributed by atoms with Crippen LogP contribution in [0.2, 0.25) is 0 Å². The van der Waals surface area contributed by atoms with Crippen LogP contribution in [0.15, 0.2) is 49.3 Å². The molecule has 1 aromatic carbocycles. The van der Waals surface area contributed by atoms with Gasteiger partial charge in [0, 0.05) is 43.2 Å². The number of nitrogens with one attached hydrogen (secondary N) is 1. The number of ether oxygens (including phenoxy) is 2. The van der Waals surface area contributed by atoms with Gasteiger partial charge in [-0.2, -0.15) is 0 Å². The predicted molar refractivity (Wildman–Crippen MR) is 112 cm³/mol. The summed E-state index contributed by atoms with van der Waals surface area (Å²) in [5, 5.41) is 3.36. The Hall–Kier alpha value is -2.57. The van der Waals surface area contributed by atoms with E-state index in [0.717, 1.165) is 17.7 Å². The molecule has 2 heterocycles. The molecule has 0 saturated carbocycles. The van der Waals surface area contributed by atoms with Gasteiger partial charge in [0.15, 0.2) is 11.5 Å². The molecule has 3 rings (SSSR count). The number of amides is 1. The summed E-state index contributed by atoms with van der Waals surface area (Å²) in [6.45, 7) is 5.88. The Labute approximate surface area is 172 Å². The van der Waals surface area contributed by atoms with Crippen LogP contribution in [0.25, 0.3) is 0 Å². The minimum Gasteiger partial charge on any atom is -0.493 e. The average Bonchev–Trinajstić information content (AvgIpc) is 2.73. The number of carbonyl (C=O) groups is 1. The van der Waals surface area contributed by atoms with E-state index in [9.17, 15) is 4.79 Å². The molecule has 1 N–H and O–H groups in total. The maximum absolute atomic E-state index is 13.4. The van der Waals surface area contributed by atoms with Crippen molar-refractivity contribution >= 4 is 18.3 Å². The Kier molecular flexibility index (Phi) is 7.84. The Morgan fingerprint density at radius 3 is 2.86 bits per heavy atom. The fourth-order valence-electron chi connectivity index (χ4n) is 3.46. The van der Waals surface area contributed by atoms with Crippen LogP contribution < -0.4 is 14.8 Å². The molecule has 7 heteroatoms. The summed E-state index contributed by atoms with van der Waals surface area (Å²) in [6.07, 6.45) is 5.93. The number of halogens is 1. The average molecular weight is 404 g/mol. The largest absolute Gasteiger partial charge is 0.493 e. The summed E-state index contributed by atoms with van der Waals surface area (Å²) >= 11 is 0. The third kappa shape index (κ3) is 4.46. The normalized spacial score (nSPS) is 16.1. The quantitative estimate of drug-likeness (QED) is 0.751. The second-order valence-electron chi connectivity index (χ2n) is 6.37. The summed E-state index contributed by atoms with van der Waals surface area (Å²) in [5.74, 6) is 1.16. The van der Waals surface area contributed by atoms with E-state index in [0.29, 0.717) is 36.6 Å². The number of hydrogen-bond donors (Lipinski definition) is 1. The molecule has 1 aliphatic heterocycles. The summed E-state index contributed by atoms with van der Waals surface area (Å²) in [5.41, 5.74) is 2.48. The van der Waals surface area contributed by atoms with Crippen molar-refractivity contribution in [1.82, 2.24) is 15.2 Å². The molecular formula is C21H26ClN3O3. The smallest absolute Gasteiger partial charge is 0.254 e. The van der Waals surface area contributed by atoms with Crippen LogP contribution in [0.5, 0.6) is 11.5 Å². The van der Waals surface area contributed by atoms with Gasteiger partial charge in [-0.1, -0.05) is 12.1 Å². The topological polar surface area (TPSA) is 63.7 Å². The van der Waals surface area contributed by atoms with Crippen LogP contribution in [0, 0.1) is 0 Å². The Morgan fingerprint density at radius 2 is 2.21 bits per heavy atom. The highest BCUT2D eigenvalue weighted by Crippen LogP contribution is 2.34. The van der Waals surface area contributed by atoms with E-state index < -0.39 is 0 Å². The minimum absolute atomic E-state index is 0. The highest BCUT2D eigenvalue weighted by molar-refractivity contribution is 5.95. The van der Waals surface area contributed by atoms with Crippen LogP contribution in [0.1, 0.15) is 27.5 Å². The molecule has 0 spiro atoms. The number of nitrogens with zero attached hydrogens (tertiary/aromatic N) is 2. The number of allylic oxidation sites excluding steroid dienone is 1. The molecule has 1 saturated heterocycles. The van der Waals surface area contributed by atoms with Crippen LogP contribution in [0.4, 0.5) is 0 Å². The molecule has 1 atom stereocenters. The summed E-state index contributed by atoms with van der Waals surface area (Å²) in [4.78, 5) is 19.5. The maximum Gasteiger partial charge on any atom is 0.254 e. The van der Waals surface area contributed by atoms with Gasteiger partial charge < -0.3 is 19.7 Å². The van der Waals surface area contributed by atoms with Crippen molar-refractivity contribution in [3.8, 4) is 11.5 Å². The van der Waals surface area contributed by atoms with E-state index in [1.807, 2.05) is 29.3 Å². The standard InChI is InChI=1S/C21H25N3O3.ClH/c1-4-6-15-11-17(12-19(26-2)20(15)27-3)21(25)24-10-9-23-14-18(24)16-7-5-8-22-13-16;/h4-5,7-8,11-13,18,23H,1,6,9-10,14H2,2-3H3;1H. The number of benzene rings is 1. The van der Waals surface area contributed by atoms with Crippen LogP contribution in [-0.2, 0) is 6.42 Å². The highest BCUT2D eigenvalue weighted by Gasteiger charge is 2.29. The Bertz CT molecular complexity index is 814. The summed E-state index contributed by atoms with van der Waals surface area (Å²) in [7, 11) is 3.17. The zero-order valence-corrected chi connectivity index (χ0v) is 17.0. The second kappa shape index (κ2) is 10.1. The number of piperazine rings is 1. The van der Waals surface area contributed by atoms with E-state index in [2.05, 4.69) is 16.9 Å². The van der Waals surface area contributed by atoms with E-state index in [1.54, 1.807) is 32.6 Å². The lowest BCUT2D eigenvalue weighted by molar-refractivity contribution is 0.0633. The fourth-order valence-corrected chi connectivity index (χ4v) is 3.46. The fraction of sp³-hybridized carbons (Fsp3) is 0.333. The number of carbonyl (C=O) groups excluding carboxylic acids is 1. The first-order valence-electron chi connectivity index (χ1n) is 8.97. The van der Waals surface area contributed by atoms with E-state index in [1.165, 1.54) is 0 Å². The zero-order chi connectivity index (χ0) is 19.2. The molecule has 1 aromatic heterocycles. The monoisotopic (exact) mass is 403 g/mol. The minimum atomic E-state index is -0.0594. The van der Waals surface area contributed by atoms with Crippen LogP contribution in [-0.4, -0.2) is 49.6 Å². The number of methoxy groups -OCH3 is 2. The molecule has 1 fully saturated rings. The van der Waals surface area contributed by atoms with Gasteiger partial charge in [0.1, 0.15) is 0 Å². The summed E-state index contributed by atoms with van der Waals surface area (Å²) < 4.78 is 10.9. The second-order valence-corrected chi connectivity index (χ2v) is 6.37. The van der Waals surface area contributed by atoms with Crippen molar-refractivity contribution in [2.24, 2.45) is 0 Å². The lowest BCUT2D eigenvalue weighted by atomic mass is 10.0. The van der Waals surface area contributed by atoms with Crippen molar-refractivity contribution in [3.05, 3.63) is 66.0 Å². The third-order valence-electron chi connectivity index (χ3n) is 4.74. The first-order chi connectivity index (χ1) is 13.2. The van der Waals surface area contributed by atoms with Gasteiger partial charge in [-0.25, -0.2) is 0 Å². The third-order valence-corrected chi connectivity index (χ3v) is 4.74. The molecule has 1 amide bonds. The van der Waals surface area contributed by atoms with Gasteiger partial charge in [0.25, 0.3) is 5.91 Å². The molecule has 0 radical (unpaired) electrons. The van der Waals surface area contributed by atoms with E-state index in [4.69, 9.17) is 9.47 Å². The molecule has 28 heavy (non-hydrogen) atoms. The van der Waals surface area contributed by atoms with Crippen molar-refractivity contribution in [3.63, 3.8) is 0 Å². The van der Waals surface area contributed by atoms with E-state index >= 15 is 0 Å². The van der Waals surface area contributed by atoms with Gasteiger partial charge in [-0.3, -0.25) is 9.78 Å². The van der Waals surface area contributed by atoms with Gasteiger partial charge >= 0.3 is 0 Å². The van der Waals surface area contributed by atoms with Gasteiger partial charge in [0.05, 0.1) is 20.3 Å². The molecule has 0 bridgehead atoms. The molecule has 1 unspecified atom stereocenters. The maximum atomic E-state index is 13.4. The number of rotatable bonds is 6. The molecule has 0 aliphatic carbocycles. The Balaban J connectivity index is 0.00000280. The van der Waals surface area contributed by atoms with Gasteiger partial charge in [0.2, 0.25) is 0 Å². The number of pyridine rings is 1. The van der Waals surface area contributed by atoms with Crippen molar-refractivity contribution in [2.75, 3.05) is 33.9 Å². The van der Waals surface area contributed by atoms with Crippen LogP contribution >= 0.6 is 12.4 Å². The SMILES string of the molecule is C=CCc1cc(C(=O)N2CCNCC2c2cccnc2)cc(OC)c1OC.Cl. The van der Waals surface area contributed by atoms with Crippen molar-refractivity contribution in [1.29, 1.82) is 0 Å². The zero-order valence-electron chi connectivity index (χ0n) is 16.2. The molecule has 2 aromatic rings. The van der Waals surface area contributed by atoms with Gasteiger partial charge in [-0.05, 0) is 30.2 Å². The summed E-state index contributed by atoms with van der Waals surface area (Å²) in [6, 6.07) is 7.45. The first-order valence-corrected chi connectivity index (χ1v) is 8.97. The molecule has 1 aliphatic rings. The molecular weight excluding hydrogens is 378 g/mol. The van der Waals surface area contributed by atoms with Crippen molar-refractivity contribution in [2.45, 2.75) is 12.5 Å². The highest BCUT2D eigenvalue weighted by atomic mass is 35.5. The van der Waals surface area contributed by atoms with E-state index in [-0.39, 0.29) is 24.4 Å². The number of aromatic nitrogens is 1. The molecule has 150 valence electrons. The van der Waals surface area contributed by atoms with Gasteiger partial charge in [-0.15, -0.1) is 19.0 Å². The number of hydrogen-bond acceptors (Lipinski definition) is 5. The Morgan fingerprint density at radius 1 is 1.39 bits per heavy atom. The van der Waals surface area contributed by atoms with Crippen LogP contribution in [0.3, 0.4) is 0 Å².